The van der Waals surface area contributed by atoms with Crippen LogP contribution in [-0.2, 0) is 39.0 Å². The summed E-state index contributed by atoms with van der Waals surface area (Å²) in [6.45, 7) is 8.49. The van der Waals surface area contributed by atoms with Gasteiger partial charge in [-0.1, -0.05) is 43.7 Å². The molecule has 8 heteroatoms. The molecule has 1 aromatic rings. The highest BCUT2D eigenvalue weighted by Gasteiger charge is 2.52. The molecule has 1 N–H and O–H groups in total. The van der Waals surface area contributed by atoms with E-state index in [1.54, 1.807) is 27.7 Å². The van der Waals surface area contributed by atoms with Crippen LogP contribution < -0.4 is 0 Å². The summed E-state index contributed by atoms with van der Waals surface area (Å²) < 4.78 is 16.9. The molecular weight excluding hydrogens is 488 g/mol. The monoisotopic (exact) mass is 530 g/mol. The van der Waals surface area contributed by atoms with Crippen LogP contribution in [0.3, 0.4) is 0 Å². The maximum atomic E-state index is 14.0. The van der Waals surface area contributed by atoms with Crippen molar-refractivity contribution in [3.05, 3.63) is 35.9 Å². The average molecular weight is 531 g/mol. The van der Waals surface area contributed by atoms with Crippen molar-refractivity contribution in [1.29, 1.82) is 0 Å². The maximum Gasteiger partial charge on any atom is 0.347 e. The van der Waals surface area contributed by atoms with Crippen molar-refractivity contribution in [2.45, 2.75) is 104 Å². The SMILES string of the molecule is CCC(C)(CC(C)(CC(C)(C)C(=O)O)C(=O)OC1CCOC1=O)C(=O)OC1(c2ccccc2)CCCCC1. The summed E-state index contributed by atoms with van der Waals surface area (Å²) in [5.74, 6) is -2.81. The molecule has 1 aliphatic carbocycles. The topological polar surface area (TPSA) is 116 Å². The molecule has 1 saturated carbocycles. The Kier molecular flexibility index (Phi) is 8.94. The smallest absolute Gasteiger partial charge is 0.347 e. The van der Waals surface area contributed by atoms with Gasteiger partial charge in [-0.2, -0.15) is 0 Å². The average Bonchev–Trinajstić information content (AvgIpc) is 3.28. The third-order valence-corrected chi connectivity index (χ3v) is 8.34. The van der Waals surface area contributed by atoms with Gasteiger partial charge in [0.1, 0.15) is 5.60 Å². The van der Waals surface area contributed by atoms with Gasteiger partial charge in [-0.15, -0.1) is 0 Å². The number of hydrogen-bond donors (Lipinski definition) is 1. The molecule has 0 aromatic heterocycles. The van der Waals surface area contributed by atoms with E-state index in [9.17, 15) is 24.3 Å². The zero-order valence-electron chi connectivity index (χ0n) is 23.3. The molecule has 3 atom stereocenters. The van der Waals surface area contributed by atoms with Crippen molar-refractivity contribution >= 4 is 23.9 Å². The molecule has 8 nitrogen and oxygen atoms in total. The molecule has 2 aliphatic rings. The van der Waals surface area contributed by atoms with E-state index in [1.165, 1.54) is 0 Å². The molecule has 0 radical (unpaired) electrons. The van der Waals surface area contributed by atoms with E-state index >= 15 is 0 Å². The van der Waals surface area contributed by atoms with Crippen molar-refractivity contribution in [3.8, 4) is 0 Å². The Bertz CT molecular complexity index is 1030. The lowest BCUT2D eigenvalue weighted by Crippen LogP contribution is -2.47. The Morgan fingerprint density at radius 1 is 0.974 bits per heavy atom. The maximum absolute atomic E-state index is 14.0. The van der Waals surface area contributed by atoms with Crippen LogP contribution in [0, 0.1) is 16.2 Å². The number of hydrogen-bond acceptors (Lipinski definition) is 7. The van der Waals surface area contributed by atoms with Crippen LogP contribution >= 0.6 is 0 Å². The summed E-state index contributed by atoms with van der Waals surface area (Å²) in [6.07, 6.45) is 3.93. The number of esters is 3. The molecule has 3 rings (SSSR count). The van der Waals surface area contributed by atoms with Crippen LogP contribution in [0.1, 0.15) is 98.0 Å². The van der Waals surface area contributed by atoms with Crippen LogP contribution in [0.25, 0.3) is 0 Å². The van der Waals surface area contributed by atoms with Gasteiger partial charge < -0.3 is 19.3 Å². The summed E-state index contributed by atoms with van der Waals surface area (Å²) in [4.78, 5) is 51.6. The van der Waals surface area contributed by atoms with E-state index < -0.39 is 51.8 Å². The largest absolute Gasteiger partial charge is 0.481 e. The summed E-state index contributed by atoms with van der Waals surface area (Å²) in [7, 11) is 0. The van der Waals surface area contributed by atoms with Gasteiger partial charge in [-0.05, 0) is 78.2 Å². The number of carbonyl (C=O) groups is 4. The standard InChI is InChI=1S/C30H42O8/c1-6-28(4,26(35)38-30(16-11-8-12-17-30)21-13-9-7-10-14-21)20-29(5,19-27(2,3)24(32)33)25(34)37-22-15-18-36-23(22)31/h7,9-10,13-14,22H,6,8,11-12,15-20H2,1-5H3,(H,32,33). The molecule has 0 bridgehead atoms. The van der Waals surface area contributed by atoms with Crippen LogP contribution in [-0.4, -0.2) is 41.7 Å². The lowest BCUT2D eigenvalue weighted by Gasteiger charge is -2.43. The molecule has 1 aromatic carbocycles. The van der Waals surface area contributed by atoms with E-state index in [-0.39, 0.29) is 25.9 Å². The first-order chi connectivity index (χ1) is 17.8. The minimum absolute atomic E-state index is 0.0114. The van der Waals surface area contributed by atoms with Crippen molar-refractivity contribution < 1.29 is 38.5 Å². The van der Waals surface area contributed by atoms with Gasteiger partial charge in [-0.25, -0.2) is 4.79 Å². The van der Waals surface area contributed by atoms with E-state index in [2.05, 4.69) is 0 Å². The third-order valence-electron chi connectivity index (χ3n) is 8.34. The molecule has 0 spiro atoms. The zero-order valence-corrected chi connectivity index (χ0v) is 23.3. The Balaban J connectivity index is 1.92. The van der Waals surface area contributed by atoms with Gasteiger partial charge in [0.25, 0.3) is 0 Å². The summed E-state index contributed by atoms with van der Waals surface area (Å²) in [6, 6.07) is 9.78. The van der Waals surface area contributed by atoms with Gasteiger partial charge in [-0.3, -0.25) is 14.4 Å². The van der Waals surface area contributed by atoms with Crippen LogP contribution in [0.5, 0.6) is 0 Å². The minimum atomic E-state index is -1.37. The first-order valence-electron chi connectivity index (χ1n) is 13.7. The summed E-state index contributed by atoms with van der Waals surface area (Å²) >= 11 is 0. The predicted octanol–water partition coefficient (Wildman–Crippen LogP) is 5.56. The van der Waals surface area contributed by atoms with Crippen molar-refractivity contribution in [3.63, 3.8) is 0 Å². The van der Waals surface area contributed by atoms with Crippen LogP contribution in [0.2, 0.25) is 0 Å². The molecule has 1 heterocycles. The fourth-order valence-corrected chi connectivity index (χ4v) is 5.93. The van der Waals surface area contributed by atoms with Crippen LogP contribution in [0.15, 0.2) is 30.3 Å². The molecule has 1 aliphatic heterocycles. The Morgan fingerprint density at radius 3 is 2.13 bits per heavy atom. The minimum Gasteiger partial charge on any atom is -0.481 e. The number of carboxylic acid groups (broad SMARTS) is 1. The van der Waals surface area contributed by atoms with E-state index in [0.717, 1.165) is 37.7 Å². The quantitative estimate of drug-likeness (QED) is 0.292. The molecular formula is C30H42O8. The molecule has 1 saturated heterocycles. The normalized spacial score (nSPS) is 22.4. The second-order valence-electron chi connectivity index (χ2n) is 12.2. The second-order valence-corrected chi connectivity index (χ2v) is 12.2. The van der Waals surface area contributed by atoms with Gasteiger partial charge in [0.15, 0.2) is 0 Å². The van der Waals surface area contributed by atoms with Crippen molar-refractivity contribution in [2.75, 3.05) is 6.61 Å². The van der Waals surface area contributed by atoms with E-state index in [0.29, 0.717) is 6.42 Å². The Morgan fingerprint density at radius 2 is 1.61 bits per heavy atom. The lowest BCUT2D eigenvalue weighted by molar-refractivity contribution is -0.184. The highest BCUT2D eigenvalue weighted by Crippen LogP contribution is 2.48. The fraction of sp³-hybridized carbons (Fsp3) is 0.667. The van der Waals surface area contributed by atoms with E-state index in [1.807, 2.05) is 37.3 Å². The first kappa shape index (κ1) is 29.7. The van der Waals surface area contributed by atoms with Gasteiger partial charge in [0, 0.05) is 6.42 Å². The first-order valence-corrected chi connectivity index (χ1v) is 13.7. The van der Waals surface area contributed by atoms with Crippen LogP contribution in [0.4, 0.5) is 0 Å². The number of benzene rings is 1. The van der Waals surface area contributed by atoms with Gasteiger partial charge in [0.05, 0.1) is 22.9 Å². The Labute approximate surface area is 225 Å². The summed E-state index contributed by atoms with van der Waals surface area (Å²) in [5.41, 5.74) is -3.53. The number of ether oxygens (including phenoxy) is 3. The third kappa shape index (κ3) is 6.38. The number of rotatable bonds is 11. The molecule has 210 valence electrons. The number of aliphatic carboxylic acids is 1. The van der Waals surface area contributed by atoms with Crippen molar-refractivity contribution in [2.24, 2.45) is 16.2 Å². The Hall–Kier alpha value is -2.90. The molecule has 2 fully saturated rings. The number of cyclic esters (lactones) is 1. The summed E-state index contributed by atoms with van der Waals surface area (Å²) in [5, 5.41) is 9.84. The molecule has 38 heavy (non-hydrogen) atoms. The lowest BCUT2D eigenvalue weighted by atomic mass is 9.65. The number of carbonyl (C=O) groups excluding carboxylic acids is 3. The predicted molar refractivity (Wildman–Crippen MR) is 140 cm³/mol. The second kappa shape index (κ2) is 11.5. The number of carboxylic acids is 1. The molecule has 3 unspecified atom stereocenters. The fourth-order valence-electron chi connectivity index (χ4n) is 5.93. The highest BCUT2D eigenvalue weighted by molar-refractivity contribution is 5.85. The van der Waals surface area contributed by atoms with Gasteiger partial charge >= 0.3 is 23.9 Å². The van der Waals surface area contributed by atoms with Gasteiger partial charge in [0.2, 0.25) is 6.10 Å². The molecule has 0 amide bonds. The van der Waals surface area contributed by atoms with E-state index in [4.69, 9.17) is 14.2 Å². The highest BCUT2D eigenvalue weighted by atomic mass is 16.6. The van der Waals surface area contributed by atoms with Crippen molar-refractivity contribution in [1.82, 2.24) is 0 Å². The zero-order chi connectivity index (χ0) is 28.2.